The quantitative estimate of drug-likeness (QED) is 0.545. The monoisotopic (exact) mass is 425 g/mol. The molecule has 0 heterocycles. The fourth-order valence-electron chi connectivity index (χ4n) is 2.27. The number of carbonyl (C=O) groups excluding carboxylic acids is 1. The Bertz CT molecular complexity index is 807. The summed E-state index contributed by atoms with van der Waals surface area (Å²) in [5, 5.41) is 0. The molecule has 0 amide bonds. The number of benzene rings is 2. The first-order chi connectivity index (χ1) is 11.8. The van der Waals surface area contributed by atoms with Gasteiger partial charge in [0.25, 0.3) is 0 Å². The molecule has 0 fully saturated rings. The minimum Gasteiger partial charge on any atom is -0.465 e. The number of ether oxygens (including phenoxy) is 1. The van der Waals surface area contributed by atoms with Crippen LogP contribution in [0.2, 0.25) is 0 Å². The molecule has 0 aliphatic heterocycles. The predicted molar refractivity (Wildman–Crippen MR) is 100 cm³/mol. The molecule has 2 atom stereocenters. The van der Waals surface area contributed by atoms with Crippen molar-refractivity contribution in [2.45, 2.75) is 29.6 Å². The van der Waals surface area contributed by atoms with E-state index < -0.39 is 26.9 Å². The molecule has 2 aromatic carbocycles. The van der Waals surface area contributed by atoms with E-state index >= 15 is 0 Å². The van der Waals surface area contributed by atoms with Crippen LogP contribution >= 0.6 is 15.9 Å². The van der Waals surface area contributed by atoms with Crippen molar-refractivity contribution in [1.82, 2.24) is 4.72 Å². The maximum atomic E-state index is 12.7. The van der Waals surface area contributed by atoms with Gasteiger partial charge < -0.3 is 4.74 Å². The van der Waals surface area contributed by atoms with Crippen LogP contribution < -0.4 is 4.72 Å². The molecule has 0 aliphatic carbocycles. The molecule has 0 spiro atoms. The summed E-state index contributed by atoms with van der Waals surface area (Å²) in [5.74, 6) is -0.525. The number of halogens is 1. The van der Waals surface area contributed by atoms with E-state index in [0.717, 1.165) is 5.56 Å². The summed E-state index contributed by atoms with van der Waals surface area (Å²) >= 11 is 3.28. The number of hydrogen-bond acceptors (Lipinski definition) is 4. The van der Waals surface area contributed by atoms with Gasteiger partial charge in [0.1, 0.15) is 4.83 Å². The molecule has 134 valence electrons. The van der Waals surface area contributed by atoms with Crippen LogP contribution in [0.25, 0.3) is 0 Å². The Balaban J connectivity index is 2.35. The third-order valence-electron chi connectivity index (χ3n) is 3.58. The summed E-state index contributed by atoms with van der Waals surface area (Å²) in [7, 11) is -3.81. The van der Waals surface area contributed by atoms with Gasteiger partial charge in [-0.05, 0) is 31.5 Å². The third-order valence-corrected chi connectivity index (χ3v) is 5.94. The molecular weight excluding hydrogens is 406 g/mol. The predicted octanol–water partition coefficient (Wildman–Crippen LogP) is 3.34. The zero-order valence-corrected chi connectivity index (χ0v) is 16.4. The van der Waals surface area contributed by atoms with Gasteiger partial charge in [0, 0.05) is 0 Å². The van der Waals surface area contributed by atoms with Crippen LogP contribution in [-0.2, 0) is 19.6 Å². The molecular formula is C18H20BrNO4S. The van der Waals surface area contributed by atoms with E-state index in [1.165, 1.54) is 12.1 Å². The Morgan fingerprint density at radius 1 is 1.12 bits per heavy atom. The summed E-state index contributed by atoms with van der Waals surface area (Å²) in [5.41, 5.74) is 1.62. The number of alkyl halides is 1. The molecule has 25 heavy (non-hydrogen) atoms. The van der Waals surface area contributed by atoms with Gasteiger partial charge in [0.05, 0.1) is 17.5 Å². The number of hydrogen-bond donors (Lipinski definition) is 1. The van der Waals surface area contributed by atoms with E-state index in [-0.39, 0.29) is 11.5 Å². The first-order valence-corrected chi connectivity index (χ1v) is 10.2. The van der Waals surface area contributed by atoms with E-state index in [2.05, 4.69) is 20.7 Å². The largest absolute Gasteiger partial charge is 0.465 e. The summed E-state index contributed by atoms with van der Waals surface area (Å²) in [6.45, 7) is 3.80. The molecule has 0 unspecified atom stereocenters. The van der Waals surface area contributed by atoms with Gasteiger partial charge in [0.15, 0.2) is 0 Å². The van der Waals surface area contributed by atoms with Gasteiger partial charge in [-0.1, -0.05) is 64.0 Å². The van der Waals surface area contributed by atoms with Crippen LogP contribution in [0.4, 0.5) is 0 Å². The Morgan fingerprint density at radius 2 is 1.72 bits per heavy atom. The van der Waals surface area contributed by atoms with Crippen molar-refractivity contribution in [3.63, 3.8) is 0 Å². The van der Waals surface area contributed by atoms with Crippen molar-refractivity contribution in [3.8, 4) is 0 Å². The average molecular weight is 426 g/mol. The lowest BCUT2D eigenvalue weighted by Crippen LogP contribution is -2.38. The second-order valence-electron chi connectivity index (χ2n) is 5.48. The highest BCUT2D eigenvalue weighted by atomic mass is 79.9. The van der Waals surface area contributed by atoms with Crippen LogP contribution in [0.3, 0.4) is 0 Å². The molecule has 1 N–H and O–H groups in total. The van der Waals surface area contributed by atoms with Crippen molar-refractivity contribution in [3.05, 3.63) is 65.7 Å². The van der Waals surface area contributed by atoms with Crippen LogP contribution in [0.15, 0.2) is 59.5 Å². The summed E-state index contributed by atoms with van der Waals surface area (Å²) in [4.78, 5) is 11.4. The Kier molecular flexibility index (Phi) is 6.75. The van der Waals surface area contributed by atoms with E-state index in [1.807, 2.05) is 13.0 Å². The molecule has 5 nitrogen and oxygen atoms in total. The lowest BCUT2D eigenvalue weighted by atomic mass is 10.1. The molecule has 0 aromatic heterocycles. The van der Waals surface area contributed by atoms with Crippen LogP contribution in [0.5, 0.6) is 0 Å². The van der Waals surface area contributed by atoms with Crippen molar-refractivity contribution in [1.29, 1.82) is 0 Å². The van der Waals surface area contributed by atoms with Crippen molar-refractivity contribution < 1.29 is 17.9 Å². The van der Waals surface area contributed by atoms with Gasteiger partial charge in [-0.25, -0.2) is 13.1 Å². The van der Waals surface area contributed by atoms with E-state index in [1.54, 1.807) is 43.3 Å². The molecule has 0 bridgehead atoms. The lowest BCUT2D eigenvalue weighted by molar-refractivity contribution is -0.142. The van der Waals surface area contributed by atoms with Gasteiger partial charge in [-0.15, -0.1) is 0 Å². The van der Waals surface area contributed by atoms with Crippen molar-refractivity contribution >= 4 is 31.9 Å². The average Bonchev–Trinajstić information content (AvgIpc) is 2.60. The maximum Gasteiger partial charge on any atom is 0.321 e. The fourth-order valence-corrected chi connectivity index (χ4v) is 4.25. The maximum absolute atomic E-state index is 12.7. The number of esters is 1. The third kappa shape index (κ3) is 5.14. The minimum absolute atomic E-state index is 0.141. The molecule has 2 aromatic rings. The molecule has 7 heteroatoms. The zero-order chi connectivity index (χ0) is 18.4. The van der Waals surface area contributed by atoms with Crippen LogP contribution in [0.1, 0.15) is 24.1 Å². The van der Waals surface area contributed by atoms with E-state index in [9.17, 15) is 13.2 Å². The number of nitrogens with one attached hydrogen (secondary N) is 1. The van der Waals surface area contributed by atoms with E-state index in [0.29, 0.717) is 5.56 Å². The molecule has 0 saturated heterocycles. The van der Waals surface area contributed by atoms with Crippen molar-refractivity contribution in [2.24, 2.45) is 0 Å². The molecule has 2 rings (SSSR count). The standard InChI is InChI=1S/C18H20BrNO4S/c1-3-24-18(21)16(19)17(14-7-5-4-6-8-14)20-25(22,23)15-11-9-13(2)10-12-15/h4-12,16-17,20H,3H2,1-2H3/t16-,17-/m1/s1. The second kappa shape index (κ2) is 8.60. The molecule has 0 saturated carbocycles. The first-order valence-electron chi connectivity index (χ1n) is 7.80. The van der Waals surface area contributed by atoms with Gasteiger partial charge in [0.2, 0.25) is 10.0 Å². The van der Waals surface area contributed by atoms with Gasteiger partial charge in [-0.3, -0.25) is 4.79 Å². The number of sulfonamides is 1. The highest BCUT2D eigenvalue weighted by Gasteiger charge is 2.32. The van der Waals surface area contributed by atoms with Crippen LogP contribution in [0, 0.1) is 6.92 Å². The fraction of sp³-hybridized carbons (Fsp3) is 0.278. The number of aryl methyl sites for hydroxylation is 1. The topological polar surface area (TPSA) is 72.5 Å². The first kappa shape index (κ1) is 19.6. The van der Waals surface area contributed by atoms with Crippen LogP contribution in [-0.4, -0.2) is 25.8 Å². The number of rotatable bonds is 7. The Hall–Kier alpha value is -1.70. The zero-order valence-electron chi connectivity index (χ0n) is 14.0. The van der Waals surface area contributed by atoms with Crippen molar-refractivity contribution in [2.75, 3.05) is 6.61 Å². The smallest absolute Gasteiger partial charge is 0.321 e. The summed E-state index contributed by atoms with van der Waals surface area (Å²) < 4.78 is 33.1. The minimum atomic E-state index is -3.81. The highest BCUT2D eigenvalue weighted by molar-refractivity contribution is 9.10. The molecule has 0 radical (unpaired) electrons. The Morgan fingerprint density at radius 3 is 2.28 bits per heavy atom. The Labute approximate surface area is 156 Å². The van der Waals surface area contributed by atoms with Gasteiger partial charge in [-0.2, -0.15) is 0 Å². The highest BCUT2D eigenvalue weighted by Crippen LogP contribution is 2.26. The lowest BCUT2D eigenvalue weighted by Gasteiger charge is -2.23. The SMILES string of the molecule is CCOC(=O)[C@H](Br)[C@H](NS(=O)(=O)c1ccc(C)cc1)c1ccccc1. The molecule has 0 aliphatic rings. The number of carbonyl (C=O) groups is 1. The normalized spacial score (nSPS) is 13.9. The second-order valence-corrected chi connectivity index (χ2v) is 8.18. The van der Waals surface area contributed by atoms with Gasteiger partial charge >= 0.3 is 5.97 Å². The van der Waals surface area contributed by atoms with E-state index in [4.69, 9.17) is 4.74 Å². The summed E-state index contributed by atoms with van der Waals surface area (Å²) in [6.07, 6.45) is 0. The summed E-state index contributed by atoms with van der Waals surface area (Å²) in [6, 6.07) is 14.6.